The van der Waals surface area contributed by atoms with Crippen LogP contribution in [0.1, 0.15) is 21.6 Å². The molecule has 0 saturated heterocycles. The van der Waals surface area contributed by atoms with Crippen LogP contribution in [0.25, 0.3) is 5.65 Å². The molecule has 0 unspecified atom stereocenters. The molecule has 7 heteroatoms. The molecule has 3 rings (SSSR count). The van der Waals surface area contributed by atoms with Crippen molar-refractivity contribution in [3.63, 3.8) is 0 Å². The quantitative estimate of drug-likeness (QED) is 0.762. The van der Waals surface area contributed by atoms with E-state index >= 15 is 0 Å². The predicted octanol–water partition coefficient (Wildman–Crippen LogP) is 2.55. The van der Waals surface area contributed by atoms with Crippen molar-refractivity contribution in [1.82, 2.24) is 14.6 Å². The molecule has 6 nitrogen and oxygen atoms in total. The van der Waals surface area contributed by atoms with E-state index in [0.29, 0.717) is 16.4 Å². The van der Waals surface area contributed by atoms with Gasteiger partial charge >= 0.3 is 0 Å². The number of aromatic nitrogens is 3. The summed E-state index contributed by atoms with van der Waals surface area (Å²) in [6, 6.07) is 6.74. The zero-order valence-electron chi connectivity index (χ0n) is 12.0. The number of H-pyrrole nitrogens is 1. The van der Waals surface area contributed by atoms with E-state index in [0.717, 1.165) is 5.56 Å². The van der Waals surface area contributed by atoms with Gasteiger partial charge in [0.05, 0.1) is 10.7 Å². The Kier molecular flexibility index (Phi) is 3.46. The van der Waals surface area contributed by atoms with Crippen LogP contribution in [0.15, 0.2) is 35.3 Å². The van der Waals surface area contributed by atoms with Gasteiger partial charge in [-0.1, -0.05) is 17.7 Å². The van der Waals surface area contributed by atoms with Crippen LogP contribution in [0.5, 0.6) is 0 Å². The molecule has 0 aliphatic heterocycles. The number of anilines is 1. The van der Waals surface area contributed by atoms with Crippen molar-refractivity contribution in [2.24, 2.45) is 0 Å². The number of fused-ring (bicyclic) bond motifs is 1. The van der Waals surface area contributed by atoms with E-state index in [4.69, 9.17) is 11.6 Å². The molecule has 2 heterocycles. The Morgan fingerprint density at radius 3 is 2.82 bits per heavy atom. The van der Waals surface area contributed by atoms with Crippen LogP contribution in [0.4, 0.5) is 5.69 Å². The van der Waals surface area contributed by atoms with Gasteiger partial charge in [-0.15, -0.1) is 0 Å². The first-order chi connectivity index (χ1) is 10.5. The Hall–Kier alpha value is -2.60. The molecule has 0 atom stereocenters. The first-order valence-corrected chi connectivity index (χ1v) is 6.99. The Morgan fingerprint density at radius 2 is 2.09 bits per heavy atom. The fraction of sp³-hybridized carbons (Fsp3) is 0.133. The molecule has 0 saturated carbocycles. The largest absolute Gasteiger partial charge is 0.320 e. The van der Waals surface area contributed by atoms with Crippen molar-refractivity contribution in [2.45, 2.75) is 13.8 Å². The van der Waals surface area contributed by atoms with Gasteiger partial charge in [-0.2, -0.15) is 0 Å². The van der Waals surface area contributed by atoms with Crippen molar-refractivity contribution in [2.75, 3.05) is 5.32 Å². The summed E-state index contributed by atoms with van der Waals surface area (Å²) < 4.78 is 1.22. The normalized spacial score (nSPS) is 10.9. The summed E-state index contributed by atoms with van der Waals surface area (Å²) in [6.45, 7) is 3.61. The molecule has 2 aromatic heterocycles. The number of hydrogen-bond acceptors (Lipinski definition) is 3. The van der Waals surface area contributed by atoms with Crippen molar-refractivity contribution in [1.29, 1.82) is 0 Å². The summed E-state index contributed by atoms with van der Waals surface area (Å²) in [4.78, 5) is 28.5. The number of aromatic amines is 1. The molecular weight excluding hydrogens is 304 g/mol. The van der Waals surface area contributed by atoms with Crippen molar-refractivity contribution in [3.05, 3.63) is 62.7 Å². The maximum Gasteiger partial charge on any atom is 0.272 e. The van der Waals surface area contributed by atoms with Crippen LogP contribution in [0.2, 0.25) is 5.02 Å². The summed E-state index contributed by atoms with van der Waals surface area (Å²) in [7, 11) is 0. The third kappa shape index (κ3) is 2.48. The Labute approximate surface area is 130 Å². The van der Waals surface area contributed by atoms with Gasteiger partial charge in [0.25, 0.3) is 11.5 Å². The van der Waals surface area contributed by atoms with Crippen molar-refractivity contribution >= 4 is 28.8 Å². The van der Waals surface area contributed by atoms with Gasteiger partial charge in [0.1, 0.15) is 5.56 Å². The van der Waals surface area contributed by atoms with Gasteiger partial charge in [-0.25, -0.2) is 9.50 Å². The van der Waals surface area contributed by atoms with Gasteiger partial charge < -0.3 is 5.32 Å². The lowest BCUT2D eigenvalue weighted by molar-refractivity contribution is 0.102. The Bertz CT molecular complexity index is 942. The summed E-state index contributed by atoms with van der Waals surface area (Å²) in [5, 5.41) is 5.90. The molecule has 0 aliphatic rings. The van der Waals surface area contributed by atoms with Crippen LogP contribution in [-0.4, -0.2) is 20.5 Å². The highest BCUT2D eigenvalue weighted by atomic mass is 35.5. The highest BCUT2D eigenvalue weighted by Gasteiger charge is 2.16. The molecule has 1 aromatic carbocycles. The molecule has 0 bridgehead atoms. The Balaban J connectivity index is 2.01. The third-order valence-electron chi connectivity index (χ3n) is 3.24. The van der Waals surface area contributed by atoms with Gasteiger partial charge in [-0.05, 0) is 31.5 Å². The number of nitrogens with one attached hydrogen (secondary N) is 2. The molecule has 112 valence electrons. The first-order valence-electron chi connectivity index (χ1n) is 6.61. The second kappa shape index (κ2) is 5.31. The summed E-state index contributed by atoms with van der Waals surface area (Å²) in [5.74, 6) is -0.387. The lowest BCUT2D eigenvalue weighted by Crippen LogP contribution is -2.17. The van der Waals surface area contributed by atoms with Gasteiger partial charge in [-0.3, -0.25) is 14.7 Å². The van der Waals surface area contributed by atoms with Crippen molar-refractivity contribution < 1.29 is 4.79 Å². The standard InChI is InChI=1S/C15H13ClN4O2/c1-8-3-4-12(11(16)5-8)19-15(22)10-7-17-20-13(21)6-9(2)18-14(10)20/h3-7,17H,1-2H3,(H,19,22). The molecule has 0 fully saturated rings. The second-order valence-electron chi connectivity index (χ2n) is 5.02. The van der Waals surface area contributed by atoms with Crippen LogP contribution in [0.3, 0.4) is 0 Å². The number of carbonyl (C=O) groups is 1. The van der Waals surface area contributed by atoms with E-state index in [2.05, 4.69) is 15.4 Å². The molecular formula is C15H13ClN4O2. The number of amides is 1. The summed E-state index contributed by atoms with van der Waals surface area (Å²) >= 11 is 6.11. The van der Waals surface area contributed by atoms with Gasteiger partial charge in [0.15, 0.2) is 5.65 Å². The van der Waals surface area contributed by atoms with E-state index in [-0.39, 0.29) is 22.7 Å². The summed E-state index contributed by atoms with van der Waals surface area (Å²) in [5.41, 5.74) is 2.34. The van der Waals surface area contributed by atoms with E-state index in [1.54, 1.807) is 19.1 Å². The van der Waals surface area contributed by atoms with E-state index < -0.39 is 0 Å². The van der Waals surface area contributed by atoms with E-state index in [9.17, 15) is 9.59 Å². The van der Waals surface area contributed by atoms with Crippen LogP contribution < -0.4 is 10.9 Å². The smallest absolute Gasteiger partial charge is 0.272 e. The second-order valence-corrected chi connectivity index (χ2v) is 5.43. The minimum absolute atomic E-state index is 0.269. The molecule has 0 radical (unpaired) electrons. The highest BCUT2D eigenvalue weighted by molar-refractivity contribution is 6.34. The lowest BCUT2D eigenvalue weighted by Gasteiger charge is -2.07. The fourth-order valence-corrected chi connectivity index (χ4v) is 2.46. The van der Waals surface area contributed by atoms with E-state index in [1.807, 2.05) is 13.0 Å². The van der Waals surface area contributed by atoms with Gasteiger partial charge in [0.2, 0.25) is 0 Å². The van der Waals surface area contributed by atoms with Crippen LogP contribution >= 0.6 is 11.6 Å². The zero-order valence-corrected chi connectivity index (χ0v) is 12.7. The monoisotopic (exact) mass is 316 g/mol. The van der Waals surface area contributed by atoms with Crippen LogP contribution in [-0.2, 0) is 0 Å². The summed E-state index contributed by atoms with van der Waals surface area (Å²) in [6.07, 6.45) is 1.45. The van der Waals surface area contributed by atoms with Crippen molar-refractivity contribution in [3.8, 4) is 0 Å². The topological polar surface area (TPSA) is 79.3 Å². The lowest BCUT2D eigenvalue weighted by atomic mass is 10.2. The maximum absolute atomic E-state index is 12.4. The molecule has 2 N–H and O–H groups in total. The third-order valence-corrected chi connectivity index (χ3v) is 3.56. The molecule has 0 spiro atoms. The number of rotatable bonds is 2. The minimum atomic E-state index is -0.387. The number of nitrogens with zero attached hydrogens (tertiary/aromatic N) is 2. The molecule has 22 heavy (non-hydrogen) atoms. The number of aryl methyl sites for hydroxylation is 2. The highest BCUT2D eigenvalue weighted by Crippen LogP contribution is 2.23. The number of halogens is 1. The SMILES string of the molecule is Cc1ccc(NC(=O)c2c[nH]n3c(=O)cc(C)nc23)c(Cl)c1. The van der Waals surface area contributed by atoms with Crippen LogP contribution in [0, 0.1) is 13.8 Å². The number of hydrogen-bond donors (Lipinski definition) is 2. The van der Waals surface area contributed by atoms with E-state index in [1.165, 1.54) is 16.8 Å². The number of carbonyl (C=O) groups excluding carboxylic acids is 1. The number of benzene rings is 1. The predicted molar refractivity (Wildman–Crippen MR) is 84.7 cm³/mol. The molecule has 0 aliphatic carbocycles. The maximum atomic E-state index is 12.4. The minimum Gasteiger partial charge on any atom is -0.320 e. The van der Waals surface area contributed by atoms with Gasteiger partial charge in [0, 0.05) is 18.0 Å². The Morgan fingerprint density at radius 1 is 1.32 bits per heavy atom. The molecule has 3 aromatic rings. The fourth-order valence-electron chi connectivity index (χ4n) is 2.17. The average Bonchev–Trinajstić information content (AvgIpc) is 2.86. The average molecular weight is 317 g/mol. The molecule has 1 amide bonds. The zero-order chi connectivity index (χ0) is 15.9. The first kappa shape index (κ1) is 14.3.